The molecule has 2 N–H and O–H groups in total. The molecule has 1 heterocycles. The molecule has 1 saturated heterocycles. The molecular weight excluding hydrogens is 264 g/mol. The number of ether oxygens (including phenoxy) is 1. The van der Waals surface area contributed by atoms with Crippen LogP contribution in [0.25, 0.3) is 0 Å². The van der Waals surface area contributed by atoms with Gasteiger partial charge in [-0.1, -0.05) is 18.2 Å². The summed E-state index contributed by atoms with van der Waals surface area (Å²) in [5.41, 5.74) is 6.63. The minimum absolute atomic E-state index is 0.256. The van der Waals surface area contributed by atoms with Crippen molar-refractivity contribution in [2.75, 3.05) is 37.7 Å². The van der Waals surface area contributed by atoms with Gasteiger partial charge in [-0.25, -0.2) is 8.42 Å². The molecule has 1 fully saturated rings. The highest BCUT2D eigenvalue weighted by Crippen LogP contribution is 2.17. The first-order valence-corrected chi connectivity index (χ1v) is 8.26. The third-order valence-electron chi connectivity index (χ3n) is 3.29. The molecule has 0 aromatic heterocycles. The van der Waals surface area contributed by atoms with Gasteiger partial charge in [-0.05, 0) is 6.07 Å². The summed E-state index contributed by atoms with van der Waals surface area (Å²) in [5, 5.41) is 0. The lowest BCUT2D eigenvalue weighted by molar-refractivity contribution is 0.218. The molecule has 0 amide bonds. The van der Waals surface area contributed by atoms with Crippen molar-refractivity contribution >= 4 is 9.84 Å². The second-order valence-electron chi connectivity index (χ2n) is 4.65. The summed E-state index contributed by atoms with van der Waals surface area (Å²) >= 11 is 0. The monoisotopic (exact) mass is 284 g/mol. The van der Waals surface area contributed by atoms with Crippen molar-refractivity contribution in [3.05, 3.63) is 29.8 Å². The Labute approximate surface area is 114 Å². The van der Waals surface area contributed by atoms with Gasteiger partial charge in [-0.3, -0.25) is 4.90 Å². The van der Waals surface area contributed by atoms with Gasteiger partial charge in [0.15, 0.2) is 9.84 Å². The highest BCUT2D eigenvalue weighted by Gasteiger charge is 2.21. The van der Waals surface area contributed by atoms with Gasteiger partial charge in [-0.2, -0.15) is 0 Å². The van der Waals surface area contributed by atoms with Crippen molar-refractivity contribution in [1.82, 2.24) is 4.90 Å². The topological polar surface area (TPSA) is 72.6 Å². The normalized spacial score (nSPS) is 19.2. The molecule has 1 aliphatic rings. The van der Waals surface area contributed by atoms with Gasteiger partial charge >= 0.3 is 0 Å². The summed E-state index contributed by atoms with van der Waals surface area (Å²) in [6, 6.07) is 7.71. The lowest BCUT2D eigenvalue weighted by Crippen LogP contribution is -2.42. The highest BCUT2D eigenvalue weighted by molar-refractivity contribution is 7.91. The Kier molecular flexibility index (Phi) is 4.79. The van der Waals surface area contributed by atoms with E-state index in [1.54, 1.807) is 0 Å². The number of sulfone groups is 1. The Bertz CT molecular complexity index is 502. The minimum atomic E-state index is -2.80. The van der Waals surface area contributed by atoms with Crippen molar-refractivity contribution in [3.8, 4) is 5.75 Å². The molecule has 0 saturated carbocycles. The fraction of sp³-hybridized carbons (Fsp3) is 0.538. The van der Waals surface area contributed by atoms with Gasteiger partial charge < -0.3 is 10.5 Å². The van der Waals surface area contributed by atoms with Crippen LogP contribution in [0, 0.1) is 0 Å². The minimum Gasteiger partial charge on any atom is -0.492 e. The van der Waals surface area contributed by atoms with Crippen LogP contribution in [-0.4, -0.2) is 51.1 Å². The molecule has 1 aliphatic heterocycles. The van der Waals surface area contributed by atoms with E-state index in [4.69, 9.17) is 10.5 Å². The Morgan fingerprint density at radius 2 is 1.89 bits per heavy atom. The first-order valence-electron chi connectivity index (χ1n) is 6.44. The van der Waals surface area contributed by atoms with E-state index in [9.17, 15) is 8.42 Å². The fourth-order valence-corrected chi connectivity index (χ4v) is 3.35. The molecule has 0 aliphatic carbocycles. The average molecular weight is 284 g/mol. The van der Waals surface area contributed by atoms with E-state index in [0.29, 0.717) is 26.2 Å². The summed E-state index contributed by atoms with van der Waals surface area (Å²) < 4.78 is 28.3. The molecule has 0 spiro atoms. The summed E-state index contributed by atoms with van der Waals surface area (Å²) in [6.45, 7) is 2.96. The molecular formula is C13H20N2O3S. The van der Waals surface area contributed by atoms with E-state index in [0.717, 1.165) is 17.9 Å². The first kappa shape index (κ1) is 14.3. The smallest absolute Gasteiger partial charge is 0.152 e. The first-order chi connectivity index (χ1) is 9.11. The number of nitrogens with two attached hydrogens (primary N) is 1. The van der Waals surface area contributed by atoms with Gasteiger partial charge in [0.05, 0.1) is 11.5 Å². The van der Waals surface area contributed by atoms with Crippen LogP contribution in [0.2, 0.25) is 0 Å². The van der Waals surface area contributed by atoms with E-state index in [2.05, 4.69) is 4.90 Å². The van der Waals surface area contributed by atoms with Gasteiger partial charge in [0.2, 0.25) is 0 Å². The molecule has 0 unspecified atom stereocenters. The Morgan fingerprint density at radius 3 is 2.58 bits per heavy atom. The third kappa shape index (κ3) is 4.19. The second-order valence-corrected chi connectivity index (χ2v) is 6.96. The molecule has 0 atom stereocenters. The quantitative estimate of drug-likeness (QED) is 0.839. The summed E-state index contributed by atoms with van der Waals surface area (Å²) in [5.74, 6) is 1.33. The van der Waals surface area contributed by atoms with E-state index < -0.39 is 9.84 Å². The van der Waals surface area contributed by atoms with Crippen molar-refractivity contribution < 1.29 is 13.2 Å². The van der Waals surface area contributed by atoms with E-state index >= 15 is 0 Å². The number of para-hydroxylation sites is 1. The Morgan fingerprint density at radius 1 is 1.21 bits per heavy atom. The largest absolute Gasteiger partial charge is 0.492 e. The second kappa shape index (κ2) is 6.36. The maximum Gasteiger partial charge on any atom is 0.152 e. The number of nitrogens with zero attached hydrogens (tertiary/aromatic N) is 1. The van der Waals surface area contributed by atoms with Crippen LogP contribution in [0.3, 0.4) is 0 Å². The molecule has 19 heavy (non-hydrogen) atoms. The SMILES string of the molecule is NCc1ccccc1OCCN1CCS(=O)(=O)CC1. The van der Waals surface area contributed by atoms with Gasteiger partial charge in [0.25, 0.3) is 0 Å². The lowest BCUT2D eigenvalue weighted by Gasteiger charge is -2.26. The lowest BCUT2D eigenvalue weighted by atomic mass is 10.2. The van der Waals surface area contributed by atoms with E-state index in [1.165, 1.54) is 0 Å². The predicted octanol–water partition coefficient (Wildman–Crippen LogP) is 0.255. The van der Waals surface area contributed by atoms with E-state index in [1.807, 2.05) is 24.3 Å². The van der Waals surface area contributed by atoms with Crippen LogP contribution < -0.4 is 10.5 Å². The standard InChI is InChI=1S/C13H20N2O3S/c14-11-12-3-1-2-4-13(12)18-8-5-15-6-9-19(16,17)10-7-15/h1-4H,5-11,14H2. The number of hydrogen-bond acceptors (Lipinski definition) is 5. The van der Waals surface area contributed by atoms with Gasteiger partial charge in [0.1, 0.15) is 12.4 Å². The van der Waals surface area contributed by atoms with Crippen molar-refractivity contribution in [2.24, 2.45) is 5.73 Å². The van der Waals surface area contributed by atoms with Gasteiger partial charge in [-0.15, -0.1) is 0 Å². The number of benzene rings is 1. The van der Waals surface area contributed by atoms with Crippen LogP contribution in [0.5, 0.6) is 5.75 Å². The van der Waals surface area contributed by atoms with Crippen LogP contribution in [-0.2, 0) is 16.4 Å². The van der Waals surface area contributed by atoms with Crippen molar-refractivity contribution in [1.29, 1.82) is 0 Å². The van der Waals surface area contributed by atoms with Crippen LogP contribution >= 0.6 is 0 Å². The van der Waals surface area contributed by atoms with E-state index in [-0.39, 0.29) is 11.5 Å². The molecule has 0 bridgehead atoms. The van der Waals surface area contributed by atoms with Crippen LogP contribution in [0.1, 0.15) is 5.56 Å². The van der Waals surface area contributed by atoms with Crippen molar-refractivity contribution in [2.45, 2.75) is 6.54 Å². The molecule has 106 valence electrons. The molecule has 6 heteroatoms. The maximum absolute atomic E-state index is 11.3. The van der Waals surface area contributed by atoms with Crippen LogP contribution in [0.4, 0.5) is 0 Å². The van der Waals surface area contributed by atoms with Gasteiger partial charge in [0, 0.05) is 31.7 Å². The van der Waals surface area contributed by atoms with Crippen LogP contribution in [0.15, 0.2) is 24.3 Å². The summed E-state index contributed by atoms with van der Waals surface area (Å²) in [7, 11) is -2.80. The Balaban J connectivity index is 1.78. The molecule has 2 rings (SSSR count). The third-order valence-corrected chi connectivity index (χ3v) is 4.90. The zero-order chi connectivity index (χ0) is 13.7. The maximum atomic E-state index is 11.3. The fourth-order valence-electron chi connectivity index (χ4n) is 2.07. The average Bonchev–Trinajstić information content (AvgIpc) is 2.41. The number of rotatable bonds is 5. The van der Waals surface area contributed by atoms with Crippen molar-refractivity contribution in [3.63, 3.8) is 0 Å². The zero-order valence-electron chi connectivity index (χ0n) is 10.9. The molecule has 1 aromatic rings. The Hall–Kier alpha value is -1.11. The highest BCUT2D eigenvalue weighted by atomic mass is 32.2. The molecule has 1 aromatic carbocycles. The predicted molar refractivity (Wildman–Crippen MR) is 74.9 cm³/mol. The summed E-state index contributed by atoms with van der Waals surface area (Å²) in [6.07, 6.45) is 0. The summed E-state index contributed by atoms with van der Waals surface area (Å²) in [4.78, 5) is 2.12. The molecule has 5 nitrogen and oxygen atoms in total. The molecule has 0 radical (unpaired) electrons. The zero-order valence-corrected chi connectivity index (χ0v) is 11.7. The number of hydrogen-bond donors (Lipinski definition) is 1.